The molecule has 1 saturated heterocycles. The molecule has 0 aromatic rings. The van der Waals surface area contributed by atoms with Crippen LogP contribution in [-0.2, 0) is 14.3 Å². The van der Waals surface area contributed by atoms with Crippen molar-refractivity contribution in [3.63, 3.8) is 0 Å². The van der Waals surface area contributed by atoms with E-state index in [1.807, 2.05) is 27.7 Å². The number of ether oxygens (including phenoxy) is 1. The molecule has 0 spiro atoms. The molecule has 2 N–H and O–H groups in total. The lowest BCUT2D eigenvalue weighted by Crippen LogP contribution is -2.57. The van der Waals surface area contributed by atoms with Crippen molar-refractivity contribution in [2.45, 2.75) is 45.9 Å². The van der Waals surface area contributed by atoms with Gasteiger partial charge in [0.25, 0.3) is 0 Å². The quantitative estimate of drug-likeness (QED) is 0.753. The number of nitrogens with zero attached hydrogens (tertiary/aromatic N) is 1. The van der Waals surface area contributed by atoms with Crippen LogP contribution in [0.25, 0.3) is 0 Å². The molecule has 1 amide bonds. The zero-order chi connectivity index (χ0) is 14.6. The number of morpholine rings is 1. The largest absolute Gasteiger partial charge is 0.480 e. The first kappa shape index (κ1) is 15.9. The topological polar surface area (TPSA) is 78.9 Å². The molecule has 6 heteroatoms. The number of carbonyl (C=O) groups excluding carboxylic acids is 1. The maximum Gasteiger partial charge on any atom is 0.322 e. The predicted molar refractivity (Wildman–Crippen MR) is 70.9 cm³/mol. The summed E-state index contributed by atoms with van der Waals surface area (Å²) in [7, 11) is 0. The molecule has 1 fully saturated rings. The summed E-state index contributed by atoms with van der Waals surface area (Å²) in [5, 5.41) is 11.1. The van der Waals surface area contributed by atoms with Crippen LogP contribution in [0.4, 0.5) is 0 Å². The molecule has 19 heavy (non-hydrogen) atoms. The summed E-state index contributed by atoms with van der Waals surface area (Å²) >= 11 is 0. The number of carboxylic acid groups (broad SMARTS) is 1. The molecule has 3 atom stereocenters. The second-order valence-corrected chi connectivity index (χ2v) is 5.51. The number of hydrogen-bond acceptors (Lipinski definition) is 4. The molecule has 3 unspecified atom stereocenters. The van der Waals surface area contributed by atoms with Gasteiger partial charge in [-0.05, 0) is 19.8 Å². The molecule has 1 aliphatic heterocycles. The third-order valence-electron chi connectivity index (χ3n) is 3.16. The molecular weight excluding hydrogens is 248 g/mol. The normalized spacial score (nSPS) is 26.2. The van der Waals surface area contributed by atoms with Crippen molar-refractivity contribution >= 4 is 11.9 Å². The van der Waals surface area contributed by atoms with E-state index in [-0.39, 0.29) is 36.6 Å². The van der Waals surface area contributed by atoms with E-state index < -0.39 is 5.97 Å². The van der Waals surface area contributed by atoms with Gasteiger partial charge in [0.05, 0.1) is 18.2 Å². The Kier molecular flexibility index (Phi) is 5.75. The lowest BCUT2D eigenvalue weighted by Gasteiger charge is -2.40. The van der Waals surface area contributed by atoms with Crippen LogP contribution in [0.2, 0.25) is 0 Å². The van der Waals surface area contributed by atoms with Crippen molar-refractivity contribution in [1.29, 1.82) is 0 Å². The molecule has 0 radical (unpaired) electrons. The maximum atomic E-state index is 12.1. The number of amides is 1. The van der Waals surface area contributed by atoms with Crippen LogP contribution in [0.5, 0.6) is 0 Å². The zero-order valence-electron chi connectivity index (χ0n) is 12.0. The number of hydrogen-bond donors (Lipinski definition) is 2. The molecule has 110 valence electrons. The lowest BCUT2D eigenvalue weighted by atomic mass is 9.99. The van der Waals surface area contributed by atoms with E-state index in [1.54, 1.807) is 0 Å². The van der Waals surface area contributed by atoms with Crippen molar-refractivity contribution in [2.75, 3.05) is 19.6 Å². The molecule has 0 aromatic heterocycles. The van der Waals surface area contributed by atoms with Crippen LogP contribution in [0.3, 0.4) is 0 Å². The number of nitrogens with one attached hydrogen (secondary N) is 1. The standard InChI is InChI=1S/C13H24N2O4/c1-8(2)12(13(18)14-5-11(16)17)15-6-9(3)19-10(4)7-15/h8-10,12H,5-7H2,1-4H3,(H,14,18)(H,16,17). The molecule has 6 nitrogen and oxygen atoms in total. The monoisotopic (exact) mass is 272 g/mol. The van der Waals surface area contributed by atoms with Crippen molar-refractivity contribution in [3.8, 4) is 0 Å². The molecule has 0 aliphatic carbocycles. The minimum absolute atomic E-state index is 0.0808. The van der Waals surface area contributed by atoms with Gasteiger partial charge in [-0.1, -0.05) is 13.8 Å². The highest BCUT2D eigenvalue weighted by molar-refractivity contribution is 5.85. The van der Waals surface area contributed by atoms with Gasteiger partial charge in [0.15, 0.2) is 0 Å². The third kappa shape index (κ3) is 4.80. The minimum atomic E-state index is -1.03. The van der Waals surface area contributed by atoms with E-state index in [2.05, 4.69) is 10.2 Å². The van der Waals surface area contributed by atoms with Crippen LogP contribution in [-0.4, -0.2) is 59.8 Å². The minimum Gasteiger partial charge on any atom is -0.480 e. The van der Waals surface area contributed by atoms with Gasteiger partial charge in [-0.2, -0.15) is 0 Å². The first-order valence-electron chi connectivity index (χ1n) is 6.70. The fraction of sp³-hybridized carbons (Fsp3) is 0.846. The molecule has 1 heterocycles. The Balaban J connectivity index is 2.70. The first-order valence-corrected chi connectivity index (χ1v) is 6.70. The van der Waals surface area contributed by atoms with Crippen molar-refractivity contribution in [1.82, 2.24) is 10.2 Å². The summed E-state index contributed by atoms with van der Waals surface area (Å²) in [5.74, 6) is -1.13. The van der Waals surface area contributed by atoms with E-state index >= 15 is 0 Å². The Bertz CT molecular complexity index is 323. The lowest BCUT2D eigenvalue weighted by molar-refractivity contribution is -0.141. The van der Waals surface area contributed by atoms with Crippen LogP contribution in [0, 0.1) is 5.92 Å². The van der Waals surface area contributed by atoms with Gasteiger partial charge in [-0.15, -0.1) is 0 Å². The van der Waals surface area contributed by atoms with E-state index in [0.717, 1.165) is 0 Å². The third-order valence-corrected chi connectivity index (χ3v) is 3.16. The molecule has 1 rings (SSSR count). The Morgan fingerprint density at radius 3 is 2.26 bits per heavy atom. The number of rotatable bonds is 5. The highest BCUT2D eigenvalue weighted by atomic mass is 16.5. The average molecular weight is 272 g/mol. The molecule has 1 aliphatic rings. The summed E-state index contributed by atoms with van der Waals surface area (Å²) in [6.45, 7) is 8.94. The van der Waals surface area contributed by atoms with Gasteiger partial charge in [0, 0.05) is 13.1 Å². The van der Waals surface area contributed by atoms with E-state index in [1.165, 1.54) is 0 Å². The smallest absolute Gasteiger partial charge is 0.322 e. The van der Waals surface area contributed by atoms with Gasteiger partial charge < -0.3 is 15.2 Å². The molecule has 0 aromatic carbocycles. The van der Waals surface area contributed by atoms with Gasteiger partial charge in [0.2, 0.25) is 5.91 Å². The highest BCUT2D eigenvalue weighted by Gasteiger charge is 2.34. The van der Waals surface area contributed by atoms with Crippen LogP contribution in [0.1, 0.15) is 27.7 Å². The molecular formula is C13H24N2O4. The number of carboxylic acids is 1. The second kappa shape index (κ2) is 6.86. The van der Waals surface area contributed by atoms with Crippen molar-refractivity contribution in [2.24, 2.45) is 5.92 Å². The summed E-state index contributed by atoms with van der Waals surface area (Å²) in [4.78, 5) is 24.8. The summed E-state index contributed by atoms with van der Waals surface area (Å²) in [6.07, 6.45) is 0.162. The van der Waals surface area contributed by atoms with Crippen molar-refractivity contribution in [3.05, 3.63) is 0 Å². The Labute approximate surface area is 114 Å². The molecule has 0 saturated carbocycles. The Hall–Kier alpha value is -1.14. The van der Waals surface area contributed by atoms with Gasteiger partial charge in [-0.3, -0.25) is 14.5 Å². The molecule has 0 bridgehead atoms. The first-order chi connectivity index (χ1) is 8.81. The van der Waals surface area contributed by atoms with Crippen molar-refractivity contribution < 1.29 is 19.4 Å². The summed E-state index contributed by atoms with van der Waals surface area (Å²) in [5.41, 5.74) is 0. The summed E-state index contributed by atoms with van der Waals surface area (Å²) in [6, 6.07) is -0.312. The maximum absolute atomic E-state index is 12.1. The van der Waals surface area contributed by atoms with Gasteiger partial charge in [-0.25, -0.2) is 0 Å². The highest BCUT2D eigenvalue weighted by Crippen LogP contribution is 2.18. The van der Waals surface area contributed by atoms with Gasteiger partial charge in [0.1, 0.15) is 6.54 Å². The van der Waals surface area contributed by atoms with Crippen LogP contribution < -0.4 is 5.32 Å². The SMILES string of the molecule is CC1CN(C(C(=O)NCC(=O)O)C(C)C)CC(C)O1. The zero-order valence-corrected chi connectivity index (χ0v) is 12.0. The average Bonchev–Trinajstić information content (AvgIpc) is 2.24. The predicted octanol–water partition coefficient (Wildman–Crippen LogP) is 0.321. The van der Waals surface area contributed by atoms with E-state index in [9.17, 15) is 9.59 Å². The number of carbonyl (C=O) groups is 2. The fourth-order valence-corrected chi connectivity index (χ4v) is 2.60. The van der Waals surface area contributed by atoms with Crippen LogP contribution in [0.15, 0.2) is 0 Å². The summed E-state index contributed by atoms with van der Waals surface area (Å²) < 4.78 is 5.66. The Morgan fingerprint density at radius 2 is 1.84 bits per heavy atom. The second-order valence-electron chi connectivity index (χ2n) is 5.51. The van der Waals surface area contributed by atoms with E-state index in [4.69, 9.17) is 9.84 Å². The fourth-order valence-electron chi connectivity index (χ4n) is 2.60. The Morgan fingerprint density at radius 1 is 1.32 bits per heavy atom. The van der Waals surface area contributed by atoms with Crippen LogP contribution >= 0.6 is 0 Å². The number of aliphatic carboxylic acids is 1. The van der Waals surface area contributed by atoms with Gasteiger partial charge >= 0.3 is 5.97 Å². The van der Waals surface area contributed by atoms with E-state index in [0.29, 0.717) is 13.1 Å².